The molecule has 1 amide bonds. The molecule has 23 heavy (non-hydrogen) atoms. The molecule has 0 aromatic heterocycles. The molecule has 2 fully saturated rings. The van der Waals surface area contributed by atoms with Crippen LogP contribution in [0.2, 0.25) is 0 Å². The fourth-order valence-corrected chi connectivity index (χ4v) is 3.64. The largest absolute Gasteiger partial charge is 0.370 e. The summed E-state index contributed by atoms with van der Waals surface area (Å²) in [5, 5.41) is 0. The molecular formula is C17H22F2N2O2. The van der Waals surface area contributed by atoms with Crippen LogP contribution in [0.5, 0.6) is 0 Å². The fourth-order valence-electron chi connectivity index (χ4n) is 3.64. The summed E-state index contributed by atoms with van der Waals surface area (Å²) in [4.78, 5) is 14.5. The van der Waals surface area contributed by atoms with Gasteiger partial charge < -0.3 is 15.4 Å². The quantitative estimate of drug-likeness (QED) is 0.928. The minimum atomic E-state index is -0.895. The number of rotatable bonds is 3. The van der Waals surface area contributed by atoms with Gasteiger partial charge in [-0.1, -0.05) is 12.5 Å². The molecule has 1 saturated carbocycles. The third-order valence-electron chi connectivity index (χ3n) is 4.97. The van der Waals surface area contributed by atoms with Crippen molar-refractivity contribution in [3.63, 3.8) is 0 Å². The van der Waals surface area contributed by atoms with Gasteiger partial charge in [0.05, 0.1) is 13.2 Å². The van der Waals surface area contributed by atoms with Gasteiger partial charge in [-0.15, -0.1) is 0 Å². The Morgan fingerprint density at radius 3 is 2.87 bits per heavy atom. The number of nitrogens with two attached hydrogens (primary N) is 1. The fraction of sp³-hybridized carbons (Fsp3) is 0.588. The molecule has 2 N–H and O–H groups in total. The first kappa shape index (κ1) is 16.3. The highest BCUT2D eigenvalue weighted by Gasteiger charge is 2.36. The van der Waals surface area contributed by atoms with Gasteiger partial charge in [0.2, 0.25) is 5.91 Å². The molecule has 126 valence electrons. The predicted octanol–water partition coefficient (Wildman–Crippen LogP) is 2.24. The zero-order valence-electron chi connectivity index (χ0n) is 13.0. The average Bonchev–Trinajstić information content (AvgIpc) is 3.05. The summed E-state index contributed by atoms with van der Waals surface area (Å²) < 4.78 is 32.1. The van der Waals surface area contributed by atoms with E-state index in [1.807, 2.05) is 0 Å². The van der Waals surface area contributed by atoms with Gasteiger partial charge in [0.15, 0.2) is 11.6 Å². The Morgan fingerprint density at radius 1 is 1.30 bits per heavy atom. The minimum Gasteiger partial charge on any atom is -0.370 e. The number of hydrogen-bond donors (Lipinski definition) is 1. The summed E-state index contributed by atoms with van der Waals surface area (Å²) in [6.07, 6.45) is 2.51. The van der Waals surface area contributed by atoms with Gasteiger partial charge >= 0.3 is 0 Å². The number of amides is 1. The Morgan fingerprint density at radius 2 is 2.13 bits per heavy atom. The van der Waals surface area contributed by atoms with E-state index in [4.69, 9.17) is 10.5 Å². The lowest BCUT2D eigenvalue weighted by atomic mass is 9.94. The van der Waals surface area contributed by atoms with Crippen LogP contribution in [0.25, 0.3) is 0 Å². The van der Waals surface area contributed by atoms with Gasteiger partial charge in [-0.05, 0) is 43.0 Å². The third-order valence-corrected chi connectivity index (χ3v) is 4.97. The molecule has 1 aromatic carbocycles. The first-order valence-corrected chi connectivity index (χ1v) is 8.15. The molecule has 1 unspecified atom stereocenters. The summed E-state index contributed by atoms with van der Waals surface area (Å²) in [7, 11) is 0. The molecule has 1 aliphatic carbocycles. The van der Waals surface area contributed by atoms with Gasteiger partial charge in [0.25, 0.3) is 0 Å². The van der Waals surface area contributed by atoms with Crippen molar-refractivity contribution in [3.8, 4) is 0 Å². The van der Waals surface area contributed by atoms with Crippen LogP contribution in [0, 0.1) is 23.5 Å². The molecule has 3 atom stereocenters. The predicted molar refractivity (Wildman–Crippen MR) is 81.5 cm³/mol. The van der Waals surface area contributed by atoms with E-state index in [2.05, 4.69) is 0 Å². The SMILES string of the molecule is NC[C@H]1CCC[C@H]1C(=O)N1CCOC(c2ccc(F)c(F)c2)C1. The average molecular weight is 324 g/mol. The van der Waals surface area contributed by atoms with Crippen LogP contribution >= 0.6 is 0 Å². The summed E-state index contributed by atoms with van der Waals surface area (Å²) in [6, 6.07) is 3.75. The van der Waals surface area contributed by atoms with E-state index in [1.54, 1.807) is 4.90 Å². The van der Waals surface area contributed by atoms with E-state index >= 15 is 0 Å². The first-order chi connectivity index (χ1) is 11.1. The van der Waals surface area contributed by atoms with Crippen LogP contribution in [0.3, 0.4) is 0 Å². The first-order valence-electron chi connectivity index (χ1n) is 8.15. The van der Waals surface area contributed by atoms with Crippen molar-refractivity contribution in [1.29, 1.82) is 0 Å². The minimum absolute atomic E-state index is 0.0105. The van der Waals surface area contributed by atoms with Crippen LogP contribution in [0.1, 0.15) is 30.9 Å². The molecule has 1 saturated heterocycles. The number of benzene rings is 1. The monoisotopic (exact) mass is 324 g/mol. The van der Waals surface area contributed by atoms with Crippen molar-refractivity contribution >= 4 is 5.91 Å². The molecule has 3 rings (SSSR count). The Bertz CT molecular complexity index is 582. The highest BCUT2D eigenvalue weighted by atomic mass is 19.2. The molecule has 2 aliphatic rings. The molecular weight excluding hydrogens is 302 g/mol. The second-order valence-electron chi connectivity index (χ2n) is 6.35. The third kappa shape index (κ3) is 3.38. The molecule has 0 spiro atoms. The normalized spacial score (nSPS) is 28.1. The van der Waals surface area contributed by atoms with Crippen molar-refractivity contribution in [2.24, 2.45) is 17.6 Å². The smallest absolute Gasteiger partial charge is 0.226 e. The Hall–Kier alpha value is -1.53. The molecule has 1 aromatic rings. The summed E-state index contributed by atoms with van der Waals surface area (Å²) in [6.45, 7) is 1.84. The van der Waals surface area contributed by atoms with Crippen molar-refractivity contribution in [1.82, 2.24) is 4.90 Å². The summed E-state index contributed by atoms with van der Waals surface area (Å²) >= 11 is 0. The van der Waals surface area contributed by atoms with E-state index in [-0.39, 0.29) is 17.7 Å². The second kappa shape index (κ2) is 6.93. The van der Waals surface area contributed by atoms with Gasteiger partial charge in [0.1, 0.15) is 6.10 Å². The van der Waals surface area contributed by atoms with Crippen LogP contribution in [-0.4, -0.2) is 37.0 Å². The number of nitrogens with zero attached hydrogens (tertiary/aromatic N) is 1. The number of carbonyl (C=O) groups excluding carboxylic acids is 1. The lowest BCUT2D eigenvalue weighted by Gasteiger charge is -2.35. The molecule has 1 heterocycles. The molecule has 0 radical (unpaired) electrons. The maximum Gasteiger partial charge on any atom is 0.226 e. The van der Waals surface area contributed by atoms with Crippen molar-refractivity contribution < 1.29 is 18.3 Å². The lowest BCUT2D eigenvalue weighted by molar-refractivity contribution is -0.144. The number of ether oxygens (including phenoxy) is 1. The number of morpholine rings is 1. The Balaban J connectivity index is 1.70. The Labute approximate surface area is 134 Å². The van der Waals surface area contributed by atoms with E-state index in [0.29, 0.717) is 31.8 Å². The van der Waals surface area contributed by atoms with Crippen LogP contribution < -0.4 is 5.73 Å². The summed E-state index contributed by atoms with van der Waals surface area (Å²) in [5.74, 6) is -1.41. The second-order valence-corrected chi connectivity index (χ2v) is 6.35. The number of carbonyl (C=O) groups is 1. The topological polar surface area (TPSA) is 55.6 Å². The maximum absolute atomic E-state index is 13.4. The van der Waals surface area contributed by atoms with E-state index in [0.717, 1.165) is 31.4 Å². The highest BCUT2D eigenvalue weighted by molar-refractivity contribution is 5.79. The number of halogens is 2. The molecule has 0 bridgehead atoms. The standard InChI is InChI=1S/C17H22F2N2O2/c18-14-5-4-11(8-15(14)19)16-10-21(6-7-23-16)17(22)13-3-1-2-12(13)9-20/h4-5,8,12-13,16H,1-3,6-7,9-10,20H2/t12-,13-,16?/m1/s1. The van der Waals surface area contributed by atoms with Crippen LogP contribution in [-0.2, 0) is 9.53 Å². The van der Waals surface area contributed by atoms with Gasteiger partial charge in [-0.25, -0.2) is 8.78 Å². The van der Waals surface area contributed by atoms with E-state index in [1.165, 1.54) is 6.07 Å². The van der Waals surface area contributed by atoms with Gasteiger partial charge in [-0.2, -0.15) is 0 Å². The molecule has 1 aliphatic heterocycles. The summed E-state index contributed by atoms with van der Waals surface area (Å²) in [5.41, 5.74) is 6.33. The van der Waals surface area contributed by atoms with Crippen molar-refractivity contribution in [2.75, 3.05) is 26.2 Å². The van der Waals surface area contributed by atoms with Crippen molar-refractivity contribution in [3.05, 3.63) is 35.4 Å². The highest BCUT2D eigenvalue weighted by Crippen LogP contribution is 2.34. The molecule has 6 heteroatoms. The van der Waals surface area contributed by atoms with E-state index in [9.17, 15) is 13.6 Å². The van der Waals surface area contributed by atoms with Gasteiger partial charge in [0, 0.05) is 12.5 Å². The molecule has 4 nitrogen and oxygen atoms in total. The van der Waals surface area contributed by atoms with Crippen molar-refractivity contribution in [2.45, 2.75) is 25.4 Å². The maximum atomic E-state index is 13.4. The zero-order valence-corrected chi connectivity index (χ0v) is 13.0. The van der Waals surface area contributed by atoms with Crippen LogP contribution in [0.15, 0.2) is 18.2 Å². The van der Waals surface area contributed by atoms with E-state index < -0.39 is 17.7 Å². The van der Waals surface area contributed by atoms with Crippen LogP contribution in [0.4, 0.5) is 8.78 Å². The lowest BCUT2D eigenvalue weighted by Crippen LogP contribution is -2.46. The zero-order chi connectivity index (χ0) is 16.4. The number of hydrogen-bond acceptors (Lipinski definition) is 3. The van der Waals surface area contributed by atoms with Gasteiger partial charge in [-0.3, -0.25) is 4.79 Å². The Kier molecular flexibility index (Phi) is 4.92.